The molecule has 0 spiro atoms. The van der Waals surface area contributed by atoms with Crippen LogP contribution in [0.5, 0.6) is 0 Å². The van der Waals surface area contributed by atoms with E-state index in [1.54, 1.807) is 14.2 Å². The maximum Gasteiger partial charge on any atom is 0.0538 e. The predicted octanol–water partition coefficient (Wildman–Crippen LogP) is 4.43. The van der Waals surface area contributed by atoms with Crippen LogP contribution in [0.1, 0.15) is 65.2 Å². The van der Waals surface area contributed by atoms with Crippen LogP contribution in [0.3, 0.4) is 0 Å². The Morgan fingerprint density at radius 3 is 1.71 bits per heavy atom. The molecule has 0 saturated carbocycles. The number of methoxy groups -OCH3 is 2. The predicted molar refractivity (Wildman–Crippen MR) is 74.5 cm³/mol. The van der Waals surface area contributed by atoms with Gasteiger partial charge in [0.15, 0.2) is 0 Å². The minimum absolute atomic E-state index is 0.201. The third-order valence-corrected chi connectivity index (χ3v) is 3.37. The van der Waals surface area contributed by atoms with Crippen molar-refractivity contribution in [2.24, 2.45) is 5.41 Å². The molecule has 0 rings (SSSR count). The van der Waals surface area contributed by atoms with Crippen molar-refractivity contribution in [2.45, 2.75) is 65.2 Å². The molecular weight excluding hydrogens is 212 g/mol. The van der Waals surface area contributed by atoms with Crippen LogP contribution in [0.4, 0.5) is 0 Å². The molecule has 0 aromatic carbocycles. The first-order valence-corrected chi connectivity index (χ1v) is 7.16. The molecule has 0 unspecified atom stereocenters. The Morgan fingerprint density at radius 2 is 1.24 bits per heavy atom. The van der Waals surface area contributed by atoms with Crippen molar-refractivity contribution in [1.82, 2.24) is 0 Å². The van der Waals surface area contributed by atoms with Crippen molar-refractivity contribution >= 4 is 0 Å². The van der Waals surface area contributed by atoms with E-state index in [0.29, 0.717) is 0 Å². The van der Waals surface area contributed by atoms with Gasteiger partial charge in [-0.25, -0.2) is 0 Å². The fraction of sp³-hybridized carbons (Fsp3) is 1.00. The van der Waals surface area contributed by atoms with Crippen LogP contribution in [-0.4, -0.2) is 27.4 Å². The Bertz CT molecular complexity index is 151. The molecule has 0 saturated heterocycles. The molecule has 0 aliphatic rings. The number of ether oxygens (including phenoxy) is 2. The summed E-state index contributed by atoms with van der Waals surface area (Å²) in [5.41, 5.74) is 0.201. The normalized spacial score (nSPS) is 12.0. The lowest BCUT2D eigenvalue weighted by Crippen LogP contribution is -2.28. The lowest BCUT2D eigenvalue weighted by atomic mass is 9.86. The van der Waals surface area contributed by atoms with Crippen LogP contribution in [0, 0.1) is 5.41 Å². The van der Waals surface area contributed by atoms with Gasteiger partial charge in [-0.3, -0.25) is 0 Å². The lowest BCUT2D eigenvalue weighted by Gasteiger charge is -2.27. The van der Waals surface area contributed by atoms with E-state index in [0.717, 1.165) is 13.2 Å². The Morgan fingerprint density at radius 1 is 0.765 bits per heavy atom. The summed E-state index contributed by atoms with van der Waals surface area (Å²) in [7, 11) is 3.55. The molecule has 0 bridgehead atoms. The molecule has 0 radical (unpaired) electrons. The highest BCUT2D eigenvalue weighted by atomic mass is 16.5. The zero-order chi connectivity index (χ0) is 13.0. The maximum absolute atomic E-state index is 5.29. The van der Waals surface area contributed by atoms with E-state index in [-0.39, 0.29) is 5.41 Å². The van der Waals surface area contributed by atoms with Crippen LogP contribution in [0.25, 0.3) is 0 Å². The molecule has 2 heteroatoms. The maximum atomic E-state index is 5.29. The van der Waals surface area contributed by atoms with Gasteiger partial charge in [0, 0.05) is 19.6 Å². The first-order chi connectivity index (χ1) is 8.18. The Kier molecular flexibility index (Phi) is 11.0. The highest BCUT2D eigenvalue weighted by Crippen LogP contribution is 2.25. The molecule has 2 nitrogen and oxygen atoms in total. The van der Waals surface area contributed by atoms with Crippen LogP contribution in [0.2, 0.25) is 0 Å². The third kappa shape index (κ3) is 9.61. The second-order valence-corrected chi connectivity index (χ2v) is 5.55. The molecule has 0 aliphatic heterocycles. The molecule has 0 fully saturated rings. The Balaban J connectivity index is 3.54. The number of rotatable bonds is 12. The first-order valence-electron chi connectivity index (χ1n) is 7.16. The van der Waals surface area contributed by atoms with Crippen molar-refractivity contribution in [1.29, 1.82) is 0 Å². The number of unbranched alkanes of at least 4 members (excludes halogenated alkanes) is 6. The van der Waals surface area contributed by atoms with Gasteiger partial charge in [0.2, 0.25) is 0 Å². The summed E-state index contributed by atoms with van der Waals surface area (Å²) in [4.78, 5) is 0. The van der Waals surface area contributed by atoms with Crippen LogP contribution >= 0.6 is 0 Å². The van der Waals surface area contributed by atoms with E-state index in [2.05, 4.69) is 13.8 Å². The number of hydrogen-bond donors (Lipinski definition) is 0. The largest absolute Gasteiger partial charge is 0.384 e. The van der Waals surface area contributed by atoms with Gasteiger partial charge in [-0.1, -0.05) is 58.8 Å². The van der Waals surface area contributed by atoms with Crippen LogP contribution < -0.4 is 0 Å². The topological polar surface area (TPSA) is 18.5 Å². The standard InChI is InChI=1S/C15H32O2/c1-5-6-7-8-9-10-11-12-15(2,13-16-3)14-17-4/h5-14H2,1-4H3. The van der Waals surface area contributed by atoms with Gasteiger partial charge in [0.05, 0.1) is 13.2 Å². The van der Waals surface area contributed by atoms with E-state index >= 15 is 0 Å². The van der Waals surface area contributed by atoms with Gasteiger partial charge in [-0.05, 0) is 6.42 Å². The van der Waals surface area contributed by atoms with Gasteiger partial charge in [0.25, 0.3) is 0 Å². The molecule has 17 heavy (non-hydrogen) atoms. The molecular formula is C15H32O2. The summed E-state index contributed by atoms with van der Waals surface area (Å²) in [5, 5.41) is 0. The molecule has 0 aromatic rings. The molecule has 0 aliphatic carbocycles. The highest BCUT2D eigenvalue weighted by Gasteiger charge is 2.23. The van der Waals surface area contributed by atoms with Crippen molar-refractivity contribution in [3.05, 3.63) is 0 Å². The van der Waals surface area contributed by atoms with Crippen molar-refractivity contribution in [3.8, 4) is 0 Å². The molecule has 0 atom stereocenters. The van der Waals surface area contributed by atoms with Crippen molar-refractivity contribution < 1.29 is 9.47 Å². The Labute approximate surface area is 108 Å². The molecule has 0 N–H and O–H groups in total. The molecule has 0 amide bonds. The fourth-order valence-electron chi connectivity index (χ4n) is 2.39. The summed E-state index contributed by atoms with van der Waals surface area (Å²) in [6.07, 6.45) is 10.8. The monoisotopic (exact) mass is 244 g/mol. The van der Waals surface area contributed by atoms with Gasteiger partial charge in [-0.15, -0.1) is 0 Å². The average Bonchev–Trinajstić information content (AvgIpc) is 2.28. The zero-order valence-corrected chi connectivity index (χ0v) is 12.4. The quantitative estimate of drug-likeness (QED) is 0.473. The van der Waals surface area contributed by atoms with Crippen molar-refractivity contribution in [3.63, 3.8) is 0 Å². The molecule has 0 heterocycles. The highest BCUT2D eigenvalue weighted by molar-refractivity contribution is 4.73. The molecule has 0 aromatic heterocycles. The zero-order valence-electron chi connectivity index (χ0n) is 12.4. The summed E-state index contributed by atoms with van der Waals surface area (Å²) >= 11 is 0. The summed E-state index contributed by atoms with van der Waals surface area (Å²) in [6, 6.07) is 0. The lowest BCUT2D eigenvalue weighted by molar-refractivity contribution is 0.0151. The van der Waals surface area contributed by atoms with Gasteiger partial charge in [-0.2, -0.15) is 0 Å². The minimum Gasteiger partial charge on any atom is -0.384 e. The van der Waals surface area contributed by atoms with Crippen molar-refractivity contribution in [2.75, 3.05) is 27.4 Å². The summed E-state index contributed by atoms with van der Waals surface area (Å²) < 4.78 is 10.6. The van der Waals surface area contributed by atoms with Crippen LogP contribution in [-0.2, 0) is 9.47 Å². The Hall–Kier alpha value is -0.0800. The summed E-state index contributed by atoms with van der Waals surface area (Å²) in [6.45, 7) is 6.13. The van der Waals surface area contributed by atoms with E-state index in [9.17, 15) is 0 Å². The van der Waals surface area contributed by atoms with Gasteiger partial charge < -0.3 is 9.47 Å². The number of hydrogen-bond acceptors (Lipinski definition) is 2. The SMILES string of the molecule is CCCCCCCCCC(C)(COC)COC. The van der Waals surface area contributed by atoms with Gasteiger partial charge >= 0.3 is 0 Å². The van der Waals surface area contributed by atoms with E-state index in [1.165, 1.54) is 51.4 Å². The van der Waals surface area contributed by atoms with Crippen LogP contribution in [0.15, 0.2) is 0 Å². The molecule has 104 valence electrons. The smallest absolute Gasteiger partial charge is 0.0538 e. The third-order valence-electron chi connectivity index (χ3n) is 3.37. The second kappa shape index (κ2) is 11.0. The summed E-state index contributed by atoms with van der Waals surface area (Å²) in [5.74, 6) is 0. The second-order valence-electron chi connectivity index (χ2n) is 5.55. The first kappa shape index (κ1) is 16.9. The van der Waals surface area contributed by atoms with E-state index in [1.807, 2.05) is 0 Å². The average molecular weight is 244 g/mol. The van der Waals surface area contributed by atoms with Gasteiger partial charge in [0.1, 0.15) is 0 Å². The minimum atomic E-state index is 0.201. The van der Waals surface area contributed by atoms with E-state index < -0.39 is 0 Å². The fourth-order valence-corrected chi connectivity index (χ4v) is 2.39. The van der Waals surface area contributed by atoms with E-state index in [4.69, 9.17) is 9.47 Å².